The molecule has 8 nitrogen and oxygen atoms in total. The highest BCUT2D eigenvalue weighted by Gasteiger charge is 2.41. The summed E-state index contributed by atoms with van der Waals surface area (Å²) in [7, 11) is 1.65. The van der Waals surface area contributed by atoms with Crippen LogP contribution < -0.4 is 14.5 Å². The third-order valence-electron chi connectivity index (χ3n) is 6.88. The lowest BCUT2D eigenvalue weighted by molar-refractivity contribution is -0.135. The number of methoxy groups -OCH3 is 1. The van der Waals surface area contributed by atoms with Gasteiger partial charge in [0.05, 0.1) is 12.8 Å². The standard InChI is InChI=1S/C26H30N4O4S/c1-34-20-8-6-7-19(17-20)27-13-15-28(16-14-27)23(31)18-30-21-9-2-3-10-22(21)35-24(26(30)33)25(32)29-11-4-5-12-29/h2-3,6-10,17,24H,4-5,11-16,18H2,1H3. The Morgan fingerprint density at radius 3 is 2.43 bits per heavy atom. The highest BCUT2D eigenvalue weighted by Crippen LogP contribution is 2.40. The molecule has 0 bridgehead atoms. The minimum atomic E-state index is -0.833. The lowest BCUT2D eigenvalue weighted by Crippen LogP contribution is -2.55. The highest BCUT2D eigenvalue weighted by atomic mass is 32.2. The van der Waals surface area contributed by atoms with E-state index in [9.17, 15) is 14.4 Å². The van der Waals surface area contributed by atoms with Crippen LogP contribution in [0.1, 0.15) is 12.8 Å². The summed E-state index contributed by atoms with van der Waals surface area (Å²) < 4.78 is 5.33. The van der Waals surface area contributed by atoms with Gasteiger partial charge in [0, 0.05) is 55.9 Å². The van der Waals surface area contributed by atoms with Crippen molar-refractivity contribution in [2.45, 2.75) is 23.0 Å². The van der Waals surface area contributed by atoms with E-state index in [1.807, 2.05) is 53.4 Å². The molecular formula is C26H30N4O4S. The topological polar surface area (TPSA) is 73.4 Å². The van der Waals surface area contributed by atoms with Gasteiger partial charge in [-0.05, 0) is 37.1 Å². The Bertz CT molecular complexity index is 1110. The van der Waals surface area contributed by atoms with Crippen LogP contribution in [0.2, 0.25) is 0 Å². The van der Waals surface area contributed by atoms with Crippen molar-refractivity contribution in [1.82, 2.24) is 9.80 Å². The zero-order valence-electron chi connectivity index (χ0n) is 19.9. The van der Waals surface area contributed by atoms with E-state index < -0.39 is 5.25 Å². The van der Waals surface area contributed by atoms with Gasteiger partial charge in [0.1, 0.15) is 12.3 Å². The van der Waals surface area contributed by atoms with Crippen molar-refractivity contribution in [3.05, 3.63) is 48.5 Å². The largest absolute Gasteiger partial charge is 0.497 e. The molecule has 3 aliphatic heterocycles. The third kappa shape index (κ3) is 4.82. The summed E-state index contributed by atoms with van der Waals surface area (Å²) in [6.45, 7) is 3.89. The van der Waals surface area contributed by atoms with Gasteiger partial charge in [-0.3, -0.25) is 14.4 Å². The van der Waals surface area contributed by atoms with Crippen LogP contribution in [0.3, 0.4) is 0 Å². The Kier molecular flexibility index (Phi) is 6.86. The van der Waals surface area contributed by atoms with Crippen LogP contribution in [0.5, 0.6) is 5.75 Å². The Labute approximate surface area is 209 Å². The number of para-hydroxylation sites is 1. The number of thioether (sulfide) groups is 1. The number of hydrogen-bond donors (Lipinski definition) is 0. The van der Waals surface area contributed by atoms with Gasteiger partial charge in [0.25, 0.3) is 5.91 Å². The first-order valence-corrected chi connectivity index (χ1v) is 13.0. The molecule has 0 spiro atoms. The average Bonchev–Trinajstić information content (AvgIpc) is 3.45. The Balaban J connectivity index is 1.27. The van der Waals surface area contributed by atoms with E-state index in [-0.39, 0.29) is 24.3 Å². The molecule has 3 amide bonds. The van der Waals surface area contributed by atoms with Crippen molar-refractivity contribution in [2.24, 2.45) is 0 Å². The number of fused-ring (bicyclic) bond motifs is 1. The van der Waals surface area contributed by atoms with E-state index in [0.717, 1.165) is 29.2 Å². The van der Waals surface area contributed by atoms with Crippen LogP contribution in [0.4, 0.5) is 11.4 Å². The molecular weight excluding hydrogens is 464 g/mol. The van der Waals surface area contributed by atoms with Crippen molar-refractivity contribution in [3.8, 4) is 5.75 Å². The number of rotatable bonds is 5. The fourth-order valence-electron chi connectivity index (χ4n) is 4.90. The smallest absolute Gasteiger partial charge is 0.250 e. The third-order valence-corrected chi connectivity index (χ3v) is 8.12. The number of benzene rings is 2. The van der Waals surface area contributed by atoms with Crippen molar-refractivity contribution in [3.63, 3.8) is 0 Å². The van der Waals surface area contributed by atoms with Crippen molar-refractivity contribution in [2.75, 3.05) is 62.7 Å². The van der Waals surface area contributed by atoms with Gasteiger partial charge < -0.3 is 24.3 Å². The van der Waals surface area contributed by atoms with Crippen LogP contribution in [0, 0.1) is 0 Å². The number of hydrogen-bond acceptors (Lipinski definition) is 6. The van der Waals surface area contributed by atoms with Gasteiger partial charge in [-0.1, -0.05) is 18.2 Å². The molecule has 2 aromatic carbocycles. The van der Waals surface area contributed by atoms with E-state index >= 15 is 0 Å². The van der Waals surface area contributed by atoms with E-state index in [0.29, 0.717) is 45.0 Å². The Hall–Kier alpha value is -3.20. The number of amides is 3. The number of anilines is 2. The maximum atomic E-state index is 13.5. The molecule has 0 aromatic heterocycles. The number of carbonyl (C=O) groups is 3. The molecule has 2 fully saturated rings. The molecule has 9 heteroatoms. The van der Waals surface area contributed by atoms with E-state index in [1.54, 1.807) is 12.0 Å². The number of nitrogens with zero attached hydrogens (tertiary/aromatic N) is 4. The summed E-state index contributed by atoms with van der Waals surface area (Å²) in [4.78, 5) is 48.1. The second-order valence-electron chi connectivity index (χ2n) is 8.99. The van der Waals surface area contributed by atoms with Crippen molar-refractivity contribution in [1.29, 1.82) is 0 Å². The number of ether oxygens (including phenoxy) is 1. The van der Waals surface area contributed by atoms with Gasteiger partial charge in [-0.25, -0.2) is 0 Å². The zero-order valence-corrected chi connectivity index (χ0v) is 20.7. The fraction of sp³-hybridized carbons (Fsp3) is 0.423. The summed E-state index contributed by atoms with van der Waals surface area (Å²) in [5.41, 5.74) is 1.77. The molecule has 184 valence electrons. The van der Waals surface area contributed by atoms with Crippen molar-refractivity contribution >= 4 is 40.9 Å². The van der Waals surface area contributed by atoms with Crippen LogP contribution in [0.15, 0.2) is 53.4 Å². The summed E-state index contributed by atoms with van der Waals surface area (Å²) in [6, 6.07) is 15.4. The molecule has 0 radical (unpaired) electrons. The first kappa shape index (κ1) is 23.5. The second-order valence-corrected chi connectivity index (χ2v) is 10.1. The van der Waals surface area contributed by atoms with Crippen LogP contribution in [0.25, 0.3) is 0 Å². The van der Waals surface area contributed by atoms with Gasteiger partial charge >= 0.3 is 0 Å². The zero-order chi connectivity index (χ0) is 24.4. The predicted molar refractivity (Wildman–Crippen MR) is 136 cm³/mol. The minimum Gasteiger partial charge on any atom is -0.497 e. The normalized spacial score (nSPS) is 20.1. The fourth-order valence-corrected chi connectivity index (χ4v) is 6.08. The molecule has 35 heavy (non-hydrogen) atoms. The van der Waals surface area contributed by atoms with E-state index in [2.05, 4.69) is 4.90 Å². The van der Waals surface area contributed by atoms with Gasteiger partial charge in [-0.2, -0.15) is 0 Å². The van der Waals surface area contributed by atoms with Gasteiger partial charge in [0.15, 0.2) is 5.25 Å². The second kappa shape index (κ2) is 10.2. The number of likely N-dealkylation sites (tertiary alicyclic amines) is 1. The number of carbonyl (C=O) groups excluding carboxylic acids is 3. The molecule has 0 N–H and O–H groups in total. The summed E-state index contributed by atoms with van der Waals surface area (Å²) in [6.07, 6.45) is 1.94. The summed E-state index contributed by atoms with van der Waals surface area (Å²) in [5.74, 6) is 0.266. The lowest BCUT2D eigenvalue weighted by Gasteiger charge is -2.38. The van der Waals surface area contributed by atoms with Crippen LogP contribution >= 0.6 is 11.8 Å². The van der Waals surface area contributed by atoms with Crippen molar-refractivity contribution < 1.29 is 19.1 Å². The van der Waals surface area contributed by atoms with Crippen LogP contribution in [-0.2, 0) is 14.4 Å². The molecule has 0 saturated carbocycles. The van der Waals surface area contributed by atoms with Crippen LogP contribution in [-0.4, -0.2) is 85.7 Å². The maximum absolute atomic E-state index is 13.5. The van der Waals surface area contributed by atoms with Gasteiger partial charge in [0.2, 0.25) is 11.8 Å². The number of piperazine rings is 1. The average molecular weight is 495 g/mol. The quantitative estimate of drug-likeness (QED) is 0.595. The highest BCUT2D eigenvalue weighted by molar-refractivity contribution is 8.01. The molecule has 5 rings (SSSR count). The first-order valence-electron chi connectivity index (χ1n) is 12.1. The maximum Gasteiger partial charge on any atom is 0.250 e. The molecule has 3 aliphatic rings. The molecule has 0 aliphatic carbocycles. The van der Waals surface area contributed by atoms with Gasteiger partial charge in [-0.15, -0.1) is 11.8 Å². The Morgan fingerprint density at radius 2 is 1.69 bits per heavy atom. The summed E-state index contributed by atoms with van der Waals surface area (Å²) in [5, 5.41) is -0.833. The summed E-state index contributed by atoms with van der Waals surface area (Å²) >= 11 is 1.30. The molecule has 3 heterocycles. The SMILES string of the molecule is COc1cccc(N2CCN(C(=O)CN3C(=O)C(C(=O)N4CCCC4)Sc4ccccc43)CC2)c1. The molecule has 1 atom stereocenters. The van der Waals surface area contributed by atoms with E-state index in [4.69, 9.17) is 4.74 Å². The predicted octanol–water partition coefficient (Wildman–Crippen LogP) is 2.47. The molecule has 2 saturated heterocycles. The molecule has 2 aromatic rings. The Morgan fingerprint density at radius 1 is 0.943 bits per heavy atom. The van der Waals surface area contributed by atoms with E-state index in [1.165, 1.54) is 16.7 Å². The molecule has 1 unspecified atom stereocenters. The first-order chi connectivity index (χ1) is 17.0. The lowest BCUT2D eigenvalue weighted by atomic mass is 10.2. The minimum absolute atomic E-state index is 0.0562. The monoisotopic (exact) mass is 494 g/mol.